The van der Waals surface area contributed by atoms with Crippen LogP contribution < -0.4 is 10.6 Å². The number of rotatable bonds is 2. The molecule has 1 atom stereocenters. The summed E-state index contributed by atoms with van der Waals surface area (Å²) in [7, 11) is 0. The van der Waals surface area contributed by atoms with Crippen LogP contribution in [0.25, 0.3) is 0 Å². The maximum Gasteiger partial charge on any atom is 0.152 e. The Balaban J connectivity index is 2.19. The normalized spacial score (nSPS) is 21.1. The van der Waals surface area contributed by atoms with E-state index in [-0.39, 0.29) is 6.61 Å². The third-order valence-corrected chi connectivity index (χ3v) is 3.12. The van der Waals surface area contributed by atoms with E-state index in [2.05, 4.69) is 9.88 Å². The van der Waals surface area contributed by atoms with E-state index in [9.17, 15) is 5.11 Å². The number of aromatic nitrogens is 1. The first-order valence-electron chi connectivity index (χ1n) is 5.79. The molecule has 3 N–H and O–H groups in total. The van der Waals surface area contributed by atoms with Crippen LogP contribution >= 0.6 is 0 Å². The summed E-state index contributed by atoms with van der Waals surface area (Å²) in [5, 5.41) is 9.20. The molecule has 1 saturated heterocycles. The first kappa shape index (κ1) is 11.2. The topological polar surface area (TPSA) is 62.4 Å². The van der Waals surface area contributed by atoms with Gasteiger partial charge in [0.05, 0.1) is 5.69 Å². The Hall–Kier alpha value is -1.29. The first-order valence-corrected chi connectivity index (χ1v) is 5.79. The first-order chi connectivity index (χ1) is 7.70. The van der Waals surface area contributed by atoms with Gasteiger partial charge in [-0.2, -0.15) is 0 Å². The number of piperidine rings is 1. The molecule has 0 amide bonds. The highest BCUT2D eigenvalue weighted by Crippen LogP contribution is 2.26. The lowest BCUT2D eigenvalue weighted by Gasteiger charge is -2.33. The summed E-state index contributed by atoms with van der Waals surface area (Å²) in [4.78, 5) is 6.67. The van der Waals surface area contributed by atoms with Gasteiger partial charge in [0.15, 0.2) is 5.82 Å². The largest absolute Gasteiger partial charge is 0.396 e. The van der Waals surface area contributed by atoms with Crippen LogP contribution in [-0.2, 0) is 0 Å². The zero-order valence-corrected chi connectivity index (χ0v) is 9.69. The van der Waals surface area contributed by atoms with Crippen molar-refractivity contribution in [3.8, 4) is 0 Å². The van der Waals surface area contributed by atoms with Gasteiger partial charge in [-0.15, -0.1) is 0 Å². The Bertz CT molecular complexity index is 367. The fourth-order valence-corrected chi connectivity index (χ4v) is 2.21. The van der Waals surface area contributed by atoms with Crippen molar-refractivity contribution < 1.29 is 5.11 Å². The molecule has 0 spiro atoms. The Morgan fingerprint density at radius 3 is 3.12 bits per heavy atom. The summed E-state index contributed by atoms with van der Waals surface area (Å²) in [6, 6.07) is 3.83. The third kappa shape index (κ3) is 2.27. The zero-order chi connectivity index (χ0) is 11.5. The molecule has 1 unspecified atom stereocenters. The Morgan fingerprint density at radius 2 is 2.38 bits per heavy atom. The van der Waals surface area contributed by atoms with Gasteiger partial charge in [0.1, 0.15) is 0 Å². The lowest BCUT2D eigenvalue weighted by atomic mass is 9.99. The number of aryl methyl sites for hydroxylation is 1. The molecule has 0 aliphatic carbocycles. The summed E-state index contributed by atoms with van der Waals surface area (Å²) in [5.41, 5.74) is 7.65. The standard InChI is InChI=1S/C12H19N3O/c1-9-4-5-11(13)12(14-9)15-6-2-3-10(7-15)8-16/h4-5,10,16H,2-3,6-8,13H2,1H3. The molecule has 2 heterocycles. The maximum absolute atomic E-state index is 9.20. The van der Waals surface area contributed by atoms with E-state index in [1.807, 2.05) is 19.1 Å². The van der Waals surface area contributed by atoms with Gasteiger partial charge in [0, 0.05) is 25.4 Å². The summed E-state index contributed by atoms with van der Waals surface area (Å²) < 4.78 is 0. The molecule has 1 aromatic rings. The number of anilines is 2. The van der Waals surface area contributed by atoms with Crippen LogP contribution in [-0.4, -0.2) is 29.8 Å². The molecule has 1 aliphatic heterocycles. The summed E-state index contributed by atoms with van der Waals surface area (Å²) in [6.07, 6.45) is 2.19. The van der Waals surface area contributed by atoms with E-state index < -0.39 is 0 Å². The maximum atomic E-state index is 9.20. The smallest absolute Gasteiger partial charge is 0.152 e. The molecule has 0 bridgehead atoms. The van der Waals surface area contributed by atoms with Crippen molar-refractivity contribution in [2.24, 2.45) is 5.92 Å². The SMILES string of the molecule is Cc1ccc(N)c(N2CCCC(CO)C2)n1. The van der Waals surface area contributed by atoms with Crippen LogP contribution in [0, 0.1) is 12.8 Å². The number of nitrogens with two attached hydrogens (primary N) is 1. The van der Waals surface area contributed by atoms with E-state index in [1.165, 1.54) is 0 Å². The highest BCUT2D eigenvalue weighted by molar-refractivity contribution is 5.63. The van der Waals surface area contributed by atoms with Crippen LogP contribution in [0.5, 0.6) is 0 Å². The van der Waals surface area contributed by atoms with E-state index in [4.69, 9.17) is 5.73 Å². The number of aliphatic hydroxyl groups is 1. The molecule has 0 radical (unpaired) electrons. The van der Waals surface area contributed by atoms with E-state index in [0.717, 1.165) is 43.1 Å². The van der Waals surface area contributed by atoms with Crippen molar-refractivity contribution in [3.63, 3.8) is 0 Å². The number of hydrogen-bond acceptors (Lipinski definition) is 4. The molecule has 1 aliphatic rings. The molecule has 0 aromatic carbocycles. The van der Waals surface area contributed by atoms with Gasteiger partial charge in [-0.1, -0.05) is 0 Å². The molecular formula is C12H19N3O. The van der Waals surface area contributed by atoms with Gasteiger partial charge in [-0.25, -0.2) is 4.98 Å². The van der Waals surface area contributed by atoms with Gasteiger partial charge < -0.3 is 15.7 Å². The third-order valence-electron chi connectivity index (χ3n) is 3.12. The van der Waals surface area contributed by atoms with Gasteiger partial charge in [0.2, 0.25) is 0 Å². The predicted molar refractivity (Wildman–Crippen MR) is 65.4 cm³/mol. The summed E-state index contributed by atoms with van der Waals surface area (Å²) >= 11 is 0. The lowest BCUT2D eigenvalue weighted by Crippen LogP contribution is -2.37. The molecule has 88 valence electrons. The van der Waals surface area contributed by atoms with Crippen LogP contribution in [0.2, 0.25) is 0 Å². The Labute approximate surface area is 96.1 Å². The molecular weight excluding hydrogens is 202 g/mol. The highest BCUT2D eigenvalue weighted by Gasteiger charge is 2.21. The van der Waals surface area contributed by atoms with Crippen LogP contribution in [0.3, 0.4) is 0 Å². The fourth-order valence-electron chi connectivity index (χ4n) is 2.21. The molecule has 1 aromatic heterocycles. The van der Waals surface area contributed by atoms with Crippen LogP contribution in [0.1, 0.15) is 18.5 Å². The minimum absolute atomic E-state index is 0.252. The molecule has 4 heteroatoms. The minimum Gasteiger partial charge on any atom is -0.396 e. The van der Waals surface area contributed by atoms with Crippen molar-refractivity contribution in [2.75, 3.05) is 30.3 Å². The van der Waals surface area contributed by atoms with Crippen molar-refractivity contribution >= 4 is 11.5 Å². The highest BCUT2D eigenvalue weighted by atomic mass is 16.3. The van der Waals surface area contributed by atoms with Gasteiger partial charge >= 0.3 is 0 Å². The molecule has 1 fully saturated rings. The molecule has 4 nitrogen and oxygen atoms in total. The van der Waals surface area contributed by atoms with E-state index in [1.54, 1.807) is 0 Å². The summed E-state index contributed by atoms with van der Waals surface area (Å²) in [6.45, 7) is 4.06. The van der Waals surface area contributed by atoms with Gasteiger partial charge in [-0.05, 0) is 37.8 Å². The number of nitrogens with zero attached hydrogens (tertiary/aromatic N) is 2. The predicted octanol–water partition coefficient (Wildman–Crippen LogP) is 1.18. The van der Waals surface area contributed by atoms with Crippen molar-refractivity contribution in [1.82, 2.24) is 4.98 Å². The second-order valence-corrected chi connectivity index (χ2v) is 4.50. The van der Waals surface area contributed by atoms with Crippen LogP contribution in [0.4, 0.5) is 11.5 Å². The minimum atomic E-state index is 0.252. The number of aliphatic hydroxyl groups excluding tert-OH is 1. The number of hydrogen-bond donors (Lipinski definition) is 2. The molecule has 0 saturated carbocycles. The van der Waals surface area contributed by atoms with Crippen molar-refractivity contribution in [3.05, 3.63) is 17.8 Å². The zero-order valence-electron chi connectivity index (χ0n) is 9.69. The lowest BCUT2D eigenvalue weighted by molar-refractivity contribution is 0.208. The second kappa shape index (κ2) is 4.70. The second-order valence-electron chi connectivity index (χ2n) is 4.50. The number of pyridine rings is 1. The molecule has 2 rings (SSSR count). The quantitative estimate of drug-likeness (QED) is 0.787. The van der Waals surface area contributed by atoms with Crippen molar-refractivity contribution in [1.29, 1.82) is 0 Å². The van der Waals surface area contributed by atoms with Gasteiger partial charge in [0.25, 0.3) is 0 Å². The monoisotopic (exact) mass is 221 g/mol. The Kier molecular flexibility index (Phi) is 3.29. The molecule has 16 heavy (non-hydrogen) atoms. The fraction of sp³-hybridized carbons (Fsp3) is 0.583. The number of nitrogen functional groups attached to an aromatic ring is 1. The van der Waals surface area contributed by atoms with E-state index >= 15 is 0 Å². The average molecular weight is 221 g/mol. The van der Waals surface area contributed by atoms with Crippen molar-refractivity contribution in [2.45, 2.75) is 19.8 Å². The van der Waals surface area contributed by atoms with Gasteiger partial charge in [-0.3, -0.25) is 0 Å². The average Bonchev–Trinajstić information content (AvgIpc) is 2.32. The van der Waals surface area contributed by atoms with Crippen LogP contribution in [0.15, 0.2) is 12.1 Å². The van der Waals surface area contributed by atoms with E-state index in [0.29, 0.717) is 5.92 Å². The summed E-state index contributed by atoms with van der Waals surface area (Å²) in [5.74, 6) is 1.23. The Morgan fingerprint density at radius 1 is 1.56 bits per heavy atom.